The molecule has 1 aromatic carbocycles. The predicted molar refractivity (Wildman–Crippen MR) is 82.4 cm³/mol. The first-order chi connectivity index (χ1) is 9.95. The van der Waals surface area contributed by atoms with Gasteiger partial charge in [0.15, 0.2) is 5.13 Å². The minimum absolute atomic E-state index is 0.210. The van der Waals surface area contributed by atoms with Crippen molar-refractivity contribution in [1.29, 1.82) is 0 Å². The molecule has 4 N–H and O–H groups in total. The Kier molecular flexibility index (Phi) is 4.54. The highest BCUT2D eigenvalue weighted by Crippen LogP contribution is 2.21. The number of urea groups is 1. The number of hydrogen-bond acceptors (Lipinski definition) is 4. The Morgan fingerprint density at radius 2 is 1.90 bits per heavy atom. The van der Waals surface area contributed by atoms with Gasteiger partial charge in [0.05, 0.1) is 5.69 Å². The van der Waals surface area contributed by atoms with Gasteiger partial charge in [-0.3, -0.25) is 10.1 Å². The normalized spacial score (nSPS) is 10.2. The second-order valence-electron chi connectivity index (χ2n) is 4.53. The van der Waals surface area contributed by atoms with Crippen LogP contribution in [0.3, 0.4) is 0 Å². The first-order valence-electron chi connectivity index (χ1n) is 6.33. The second-order valence-corrected chi connectivity index (χ2v) is 5.73. The van der Waals surface area contributed by atoms with Crippen LogP contribution in [0.15, 0.2) is 24.3 Å². The third-order valence-electron chi connectivity index (χ3n) is 2.93. The minimum atomic E-state index is -0.577. The van der Waals surface area contributed by atoms with Gasteiger partial charge in [-0.25, -0.2) is 9.78 Å². The lowest BCUT2D eigenvalue weighted by Gasteiger charge is -2.04. The van der Waals surface area contributed by atoms with Gasteiger partial charge < -0.3 is 11.1 Å². The van der Waals surface area contributed by atoms with Gasteiger partial charge in [0.1, 0.15) is 0 Å². The Labute approximate surface area is 126 Å². The highest BCUT2D eigenvalue weighted by atomic mass is 32.1. The van der Waals surface area contributed by atoms with Crippen molar-refractivity contribution >= 4 is 28.4 Å². The molecule has 3 amide bonds. The van der Waals surface area contributed by atoms with Crippen LogP contribution >= 0.6 is 11.3 Å². The summed E-state index contributed by atoms with van der Waals surface area (Å²) in [7, 11) is 0. The number of hydrogen-bond donors (Lipinski definition) is 3. The lowest BCUT2D eigenvalue weighted by atomic mass is 10.1. The van der Waals surface area contributed by atoms with Crippen molar-refractivity contribution in [3.63, 3.8) is 0 Å². The van der Waals surface area contributed by atoms with Gasteiger partial charge in [-0.15, -0.1) is 11.3 Å². The van der Waals surface area contributed by atoms with E-state index < -0.39 is 6.03 Å². The Morgan fingerprint density at radius 3 is 2.43 bits per heavy atom. The topological polar surface area (TPSA) is 97.1 Å². The minimum Gasteiger partial charge on any atom is -0.352 e. The van der Waals surface area contributed by atoms with Gasteiger partial charge in [-0.2, -0.15) is 0 Å². The number of thiazole rings is 1. The van der Waals surface area contributed by atoms with Gasteiger partial charge in [0.25, 0.3) is 5.91 Å². The average molecular weight is 304 g/mol. The van der Waals surface area contributed by atoms with Gasteiger partial charge in [0.2, 0.25) is 0 Å². The number of nitrogens with zero attached hydrogens (tertiary/aromatic N) is 1. The van der Waals surface area contributed by atoms with E-state index >= 15 is 0 Å². The molecule has 1 aromatic heterocycles. The summed E-state index contributed by atoms with van der Waals surface area (Å²) in [6.07, 6.45) is 0. The Bertz CT molecular complexity index is 645. The van der Waals surface area contributed by atoms with E-state index in [-0.39, 0.29) is 5.91 Å². The zero-order valence-electron chi connectivity index (χ0n) is 11.8. The van der Waals surface area contributed by atoms with Crippen molar-refractivity contribution in [2.75, 3.05) is 5.32 Å². The largest absolute Gasteiger partial charge is 0.352 e. The summed E-state index contributed by atoms with van der Waals surface area (Å²) in [4.78, 5) is 28.0. The molecule has 0 bridgehead atoms. The molecular formula is C14H16N4O2S. The number of amides is 3. The molecule has 0 saturated heterocycles. The Hall–Kier alpha value is -2.41. The first kappa shape index (κ1) is 15.0. The molecule has 0 radical (unpaired) electrons. The number of nitrogens with one attached hydrogen (secondary N) is 2. The number of benzene rings is 1. The van der Waals surface area contributed by atoms with Crippen LogP contribution in [0, 0.1) is 13.8 Å². The van der Waals surface area contributed by atoms with E-state index in [1.54, 1.807) is 24.3 Å². The standard InChI is InChI=1S/C14H16N4O2S/c1-8-9(2)21-14(17-8)18-12(19)11-5-3-10(4-6-11)7-16-13(15)20/h3-6H,7H2,1-2H3,(H3,15,16,20)(H,17,18,19). The number of carbonyl (C=O) groups is 2. The van der Waals surface area contributed by atoms with Gasteiger partial charge in [0, 0.05) is 17.0 Å². The fourth-order valence-corrected chi connectivity index (χ4v) is 2.47. The van der Waals surface area contributed by atoms with E-state index in [2.05, 4.69) is 15.6 Å². The molecule has 7 heteroatoms. The number of anilines is 1. The fraction of sp³-hybridized carbons (Fsp3) is 0.214. The molecule has 21 heavy (non-hydrogen) atoms. The van der Waals surface area contributed by atoms with Crippen LogP contribution in [-0.2, 0) is 6.54 Å². The van der Waals surface area contributed by atoms with Crippen LogP contribution in [0.5, 0.6) is 0 Å². The molecule has 0 aliphatic rings. The smallest absolute Gasteiger partial charge is 0.312 e. The SMILES string of the molecule is Cc1nc(NC(=O)c2ccc(CNC(N)=O)cc2)sc1C. The molecule has 0 aliphatic heterocycles. The summed E-state index contributed by atoms with van der Waals surface area (Å²) >= 11 is 1.45. The maximum absolute atomic E-state index is 12.1. The zero-order chi connectivity index (χ0) is 15.4. The lowest BCUT2D eigenvalue weighted by molar-refractivity contribution is 0.102. The van der Waals surface area contributed by atoms with E-state index in [9.17, 15) is 9.59 Å². The highest BCUT2D eigenvalue weighted by molar-refractivity contribution is 7.15. The highest BCUT2D eigenvalue weighted by Gasteiger charge is 2.10. The van der Waals surface area contributed by atoms with Crippen LogP contribution in [0.25, 0.3) is 0 Å². The van der Waals surface area contributed by atoms with Crippen molar-refractivity contribution in [3.05, 3.63) is 46.0 Å². The molecule has 2 aromatic rings. The van der Waals surface area contributed by atoms with Gasteiger partial charge in [-0.1, -0.05) is 12.1 Å². The number of aryl methyl sites for hydroxylation is 2. The van der Waals surface area contributed by atoms with E-state index in [0.29, 0.717) is 17.2 Å². The van der Waals surface area contributed by atoms with Gasteiger partial charge >= 0.3 is 6.03 Å². The lowest BCUT2D eigenvalue weighted by Crippen LogP contribution is -2.28. The molecule has 0 fully saturated rings. The monoisotopic (exact) mass is 304 g/mol. The van der Waals surface area contributed by atoms with Crippen molar-refractivity contribution in [2.45, 2.75) is 20.4 Å². The van der Waals surface area contributed by atoms with Crippen molar-refractivity contribution < 1.29 is 9.59 Å². The number of primary amides is 1. The number of nitrogens with two attached hydrogens (primary N) is 1. The molecule has 0 saturated carbocycles. The Balaban J connectivity index is 2.01. The average Bonchev–Trinajstić information content (AvgIpc) is 2.75. The molecule has 110 valence electrons. The summed E-state index contributed by atoms with van der Waals surface area (Å²) < 4.78 is 0. The number of rotatable bonds is 4. The predicted octanol–water partition coefficient (Wildman–Crippen LogP) is 2.18. The van der Waals surface area contributed by atoms with E-state index in [1.165, 1.54) is 11.3 Å². The fourth-order valence-electron chi connectivity index (χ4n) is 1.66. The quantitative estimate of drug-likeness (QED) is 0.807. The van der Waals surface area contributed by atoms with Crippen molar-refractivity contribution in [1.82, 2.24) is 10.3 Å². The molecular weight excluding hydrogens is 288 g/mol. The van der Waals surface area contributed by atoms with Gasteiger partial charge in [-0.05, 0) is 31.5 Å². The van der Waals surface area contributed by atoms with E-state index in [4.69, 9.17) is 5.73 Å². The van der Waals surface area contributed by atoms with E-state index in [0.717, 1.165) is 16.1 Å². The summed E-state index contributed by atoms with van der Waals surface area (Å²) in [6.45, 7) is 4.20. The molecule has 1 heterocycles. The summed E-state index contributed by atoms with van der Waals surface area (Å²) in [6, 6.07) is 6.35. The molecule has 0 spiro atoms. The molecule has 0 aliphatic carbocycles. The van der Waals surface area contributed by atoms with Crippen molar-refractivity contribution in [2.24, 2.45) is 5.73 Å². The maximum Gasteiger partial charge on any atom is 0.312 e. The second kappa shape index (κ2) is 6.36. The first-order valence-corrected chi connectivity index (χ1v) is 7.15. The maximum atomic E-state index is 12.1. The van der Waals surface area contributed by atoms with Crippen LogP contribution in [0.2, 0.25) is 0 Å². The molecule has 0 unspecified atom stereocenters. The summed E-state index contributed by atoms with van der Waals surface area (Å²) in [5.41, 5.74) is 7.32. The van der Waals surface area contributed by atoms with Crippen LogP contribution in [-0.4, -0.2) is 16.9 Å². The summed E-state index contributed by atoms with van der Waals surface area (Å²) in [5, 5.41) is 5.85. The van der Waals surface area contributed by atoms with Crippen molar-refractivity contribution in [3.8, 4) is 0 Å². The number of aromatic nitrogens is 1. The van der Waals surface area contributed by atoms with E-state index in [1.807, 2.05) is 13.8 Å². The van der Waals surface area contributed by atoms with Crippen LogP contribution in [0.4, 0.5) is 9.93 Å². The molecule has 6 nitrogen and oxygen atoms in total. The zero-order valence-corrected chi connectivity index (χ0v) is 12.6. The summed E-state index contributed by atoms with van der Waals surface area (Å²) in [5.74, 6) is -0.210. The molecule has 2 rings (SSSR count). The molecule has 0 atom stereocenters. The Morgan fingerprint density at radius 1 is 1.24 bits per heavy atom. The van der Waals surface area contributed by atoms with Crippen LogP contribution in [0.1, 0.15) is 26.5 Å². The third-order valence-corrected chi connectivity index (χ3v) is 3.92. The third kappa shape index (κ3) is 4.03. The van der Waals surface area contributed by atoms with Crippen LogP contribution < -0.4 is 16.4 Å². The number of carbonyl (C=O) groups excluding carboxylic acids is 2.